The first-order valence-corrected chi connectivity index (χ1v) is 8.52. The molecule has 0 radical (unpaired) electrons. The smallest absolute Gasteiger partial charge is 0.242 e. The van der Waals surface area contributed by atoms with E-state index in [0.717, 1.165) is 38.3 Å². The Morgan fingerprint density at radius 2 is 1.86 bits per heavy atom. The normalized spacial score (nSPS) is 18.0. The molecule has 0 bridgehead atoms. The van der Waals surface area contributed by atoms with Gasteiger partial charge in [-0.25, -0.2) is 12.7 Å². The van der Waals surface area contributed by atoms with E-state index in [9.17, 15) is 8.42 Å². The number of hydrogen-bond acceptors (Lipinski definition) is 5. The summed E-state index contributed by atoms with van der Waals surface area (Å²) in [7, 11) is 1.71. The van der Waals surface area contributed by atoms with Gasteiger partial charge in [-0.05, 0) is 38.2 Å². The van der Waals surface area contributed by atoms with Crippen LogP contribution in [-0.4, -0.2) is 64.9 Å². The molecule has 0 aliphatic carbocycles. The summed E-state index contributed by atoms with van der Waals surface area (Å²) in [4.78, 5) is 4.76. The van der Waals surface area contributed by atoms with E-state index in [4.69, 9.17) is 5.73 Å². The Morgan fingerprint density at radius 3 is 2.48 bits per heavy atom. The fourth-order valence-electron chi connectivity index (χ4n) is 2.48. The predicted molar refractivity (Wildman–Crippen MR) is 86.1 cm³/mol. The van der Waals surface area contributed by atoms with Crippen molar-refractivity contribution in [2.75, 3.05) is 58.0 Å². The second-order valence-corrected chi connectivity index (χ2v) is 7.80. The first-order chi connectivity index (χ1) is 9.82. The first kappa shape index (κ1) is 16.1. The minimum absolute atomic E-state index is 0.237. The van der Waals surface area contributed by atoms with Gasteiger partial charge in [-0.15, -0.1) is 0 Å². The molecule has 1 fully saturated rings. The maximum atomic E-state index is 12.1. The number of nitrogens with two attached hydrogens (primary N) is 1. The largest absolute Gasteiger partial charge is 0.397 e. The van der Waals surface area contributed by atoms with E-state index in [1.807, 2.05) is 6.07 Å². The first-order valence-electron chi connectivity index (χ1n) is 7.08. The molecule has 1 aromatic rings. The number of sulfonamides is 1. The van der Waals surface area contributed by atoms with Gasteiger partial charge in [0.15, 0.2) is 0 Å². The van der Waals surface area contributed by atoms with Crippen LogP contribution in [0.15, 0.2) is 23.1 Å². The van der Waals surface area contributed by atoms with Gasteiger partial charge in [0.2, 0.25) is 10.0 Å². The molecule has 0 atom stereocenters. The third-order valence-corrected chi connectivity index (χ3v) is 5.65. The van der Waals surface area contributed by atoms with Crippen LogP contribution in [0, 0.1) is 0 Å². The summed E-state index contributed by atoms with van der Waals surface area (Å²) in [6, 6.07) is 5.01. The number of nitrogen functional groups attached to an aromatic ring is 1. The van der Waals surface area contributed by atoms with Gasteiger partial charge in [-0.1, -0.05) is 0 Å². The molecule has 0 aromatic heterocycles. The molecule has 2 rings (SSSR count). The topological polar surface area (TPSA) is 69.9 Å². The van der Waals surface area contributed by atoms with Crippen molar-refractivity contribution < 1.29 is 8.42 Å². The Hall–Kier alpha value is -1.31. The maximum Gasteiger partial charge on any atom is 0.242 e. The second-order valence-electron chi connectivity index (χ2n) is 5.65. The van der Waals surface area contributed by atoms with Crippen LogP contribution < -0.4 is 10.6 Å². The third kappa shape index (κ3) is 3.48. The molecule has 1 aliphatic rings. The number of benzene rings is 1. The molecule has 1 saturated heterocycles. The second kappa shape index (κ2) is 6.21. The van der Waals surface area contributed by atoms with Crippen molar-refractivity contribution in [2.45, 2.75) is 11.3 Å². The quantitative estimate of drug-likeness (QED) is 0.830. The molecule has 118 valence electrons. The Bertz CT molecular complexity index is 601. The molecule has 21 heavy (non-hydrogen) atoms. The van der Waals surface area contributed by atoms with Crippen molar-refractivity contribution in [1.29, 1.82) is 0 Å². The number of nitrogens with zero attached hydrogens (tertiary/aromatic N) is 3. The molecular formula is C14H24N4O2S. The highest BCUT2D eigenvalue weighted by atomic mass is 32.2. The van der Waals surface area contributed by atoms with Crippen LogP contribution in [0.2, 0.25) is 0 Å². The van der Waals surface area contributed by atoms with Gasteiger partial charge in [0, 0.05) is 33.7 Å². The van der Waals surface area contributed by atoms with Crippen LogP contribution in [0.3, 0.4) is 0 Å². The molecule has 6 nitrogen and oxygen atoms in total. The summed E-state index contributed by atoms with van der Waals surface area (Å²) in [6.45, 7) is 3.90. The van der Waals surface area contributed by atoms with E-state index in [2.05, 4.69) is 16.8 Å². The van der Waals surface area contributed by atoms with E-state index in [-0.39, 0.29) is 4.90 Å². The summed E-state index contributed by atoms with van der Waals surface area (Å²) in [6.07, 6.45) is 1.08. The monoisotopic (exact) mass is 312 g/mol. The van der Waals surface area contributed by atoms with Crippen LogP contribution >= 0.6 is 0 Å². The molecular weight excluding hydrogens is 288 g/mol. The fourth-order valence-corrected chi connectivity index (χ4v) is 3.42. The van der Waals surface area contributed by atoms with Crippen LogP contribution in [-0.2, 0) is 10.0 Å². The standard InChI is InChI=1S/C14H24N4O2S/c1-16(2)21(19,20)12-5-6-14(13(15)11-12)18-8-4-7-17(3)9-10-18/h5-6,11H,4,7-10,15H2,1-3H3. The molecule has 2 N–H and O–H groups in total. The van der Waals surface area contributed by atoms with Crippen molar-refractivity contribution in [1.82, 2.24) is 9.21 Å². The van der Waals surface area contributed by atoms with Crippen LogP contribution in [0.4, 0.5) is 11.4 Å². The van der Waals surface area contributed by atoms with Gasteiger partial charge in [0.1, 0.15) is 0 Å². The molecule has 1 aliphatic heterocycles. The lowest BCUT2D eigenvalue weighted by atomic mass is 10.2. The molecule has 0 saturated carbocycles. The molecule has 7 heteroatoms. The summed E-state index contributed by atoms with van der Waals surface area (Å²) in [5.41, 5.74) is 7.53. The highest BCUT2D eigenvalue weighted by Crippen LogP contribution is 2.28. The third-order valence-electron chi connectivity index (χ3n) is 3.84. The Labute approximate surface area is 127 Å². The van der Waals surface area contributed by atoms with Crippen LogP contribution in [0.25, 0.3) is 0 Å². The van der Waals surface area contributed by atoms with Gasteiger partial charge in [0.05, 0.1) is 16.3 Å². The van der Waals surface area contributed by atoms with E-state index >= 15 is 0 Å². The minimum atomic E-state index is -3.44. The maximum absolute atomic E-state index is 12.1. The fraction of sp³-hybridized carbons (Fsp3) is 0.571. The Morgan fingerprint density at radius 1 is 1.14 bits per heavy atom. The summed E-state index contributed by atoms with van der Waals surface area (Å²) in [5, 5.41) is 0. The van der Waals surface area contributed by atoms with Gasteiger partial charge < -0.3 is 15.5 Å². The average molecular weight is 312 g/mol. The van der Waals surface area contributed by atoms with Crippen molar-refractivity contribution in [2.24, 2.45) is 0 Å². The summed E-state index contributed by atoms with van der Waals surface area (Å²) in [5.74, 6) is 0. The SMILES string of the molecule is CN1CCCN(c2ccc(S(=O)(=O)N(C)C)cc2N)CC1. The van der Waals surface area contributed by atoms with E-state index in [0.29, 0.717) is 5.69 Å². The lowest BCUT2D eigenvalue weighted by molar-refractivity contribution is 0.360. The lowest BCUT2D eigenvalue weighted by Crippen LogP contribution is -2.29. The number of likely N-dealkylation sites (N-methyl/N-ethyl adjacent to an activating group) is 1. The van der Waals surface area contributed by atoms with Gasteiger partial charge in [0.25, 0.3) is 0 Å². The number of anilines is 2. The zero-order valence-corrected chi connectivity index (χ0v) is 13.7. The number of hydrogen-bond donors (Lipinski definition) is 1. The molecule has 0 amide bonds. The lowest BCUT2D eigenvalue weighted by Gasteiger charge is -2.25. The average Bonchev–Trinajstić information content (AvgIpc) is 2.63. The molecule has 0 spiro atoms. The Kier molecular flexibility index (Phi) is 4.75. The van der Waals surface area contributed by atoms with E-state index < -0.39 is 10.0 Å². The van der Waals surface area contributed by atoms with E-state index in [1.54, 1.807) is 12.1 Å². The highest BCUT2D eigenvalue weighted by molar-refractivity contribution is 7.89. The zero-order chi connectivity index (χ0) is 15.6. The zero-order valence-electron chi connectivity index (χ0n) is 12.9. The van der Waals surface area contributed by atoms with Crippen molar-refractivity contribution in [3.8, 4) is 0 Å². The van der Waals surface area contributed by atoms with Crippen molar-refractivity contribution in [3.05, 3.63) is 18.2 Å². The molecule has 1 heterocycles. The van der Waals surface area contributed by atoms with Crippen LogP contribution in [0.1, 0.15) is 6.42 Å². The van der Waals surface area contributed by atoms with Crippen molar-refractivity contribution in [3.63, 3.8) is 0 Å². The molecule has 0 unspecified atom stereocenters. The minimum Gasteiger partial charge on any atom is -0.397 e. The molecule has 1 aromatic carbocycles. The van der Waals surface area contributed by atoms with Crippen LogP contribution in [0.5, 0.6) is 0 Å². The van der Waals surface area contributed by atoms with Gasteiger partial charge in [-0.2, -0.15) is 0 Å². The summed E-state index contributed by atoms with van der Waals surface area (Å²) < 4.78 is 25.4. The van der Waals surface area contributed by atoms with Crippen molar-refractivity contribution >= 4 is 21.4 Å². The predicted octanol–water partition coefficient (Wildman–Crippen LogP) is 0.661. The highest BCUT2D eigenvalue weighted by Gasteiger charge is 2.20. The van der Waals surface area contributed by atoms with Gasteiger partial charge in [-0.3, -0.25) is 0 Å². The Balaban J connectivity index is 2.27. The number of rotatable bonds is 3. The summed E-state index contributed by atoms with van der Waals surface area (Å²) >= 11 is 0. The van der Waals surface area contributed by atoms with E-state index in [1.165, 1.54) is 18.4 Å². The van der Waals surface area contributed by atoms with Gasteiger partial charge >= 0.3 is 0 Å².